The normalized spacial score (nSPS) is 20.0. The standard InChI is InChI=1S/C3H6O2.Ge/c1-2-5-3-4-1;/h1-3H2;. The molecule has 1 fully saturated rings. The molecule has 1 aliphatic rings. The van der Waals surface area contributed by atoms with E-state index in [1.54, 1.807) is 0 Å². The minimum absolute atomic E-state index is 0. The molecule has 0 amide bonds. The first-order chi connectivity index (χ1) is 2.50. The zero-order chi connectivity index (χ0) is 3.54. The van der Waals surface area contributed by atoms with Gasteiger partial charge in [-0.3, -0.25) is 0 Å². The number of ether oxygens (including phenoxy) is 2. The summed E-state index contributed by atoms with van der Waals surface area (Å²) in [5, 5.41) is 0. The fourth-order valence-corrected chi connectivity index (χ4v) is 0.295. The van der Waals surface area contributed by atoms with Gasteiger partial charge in [0.2, 0.25) is 0 Å². The van der Waals surface area contributed by atoms with Crippen molar-refractivity contribution in [3.8, 4) is 0 Å². The van der Waals surface area contributed by atoms with Crippen molar-refractivity contribution in [3.05, 3.63) is 0 Å². The summed E-state index contributed by atoms with van der Waals surface area (Å²) in [6, 6.07) is 0. The summed E-state index contributed by atoms with van der Waals surface area (Å²) in [5.41, 5.74) is 0. The van der Waals surface area contributed by atoms with Crippen LogP contribution in [0.2, 0.25) is 0 Å². The van der Waals surface area contributed by atoms with E-state index in [4.69, 9.17) is 9.47 Å². The average Bonchev–Trinajstić information content (AvgIpc) is 1.76. The van der Waals surface area contributed by atoms with Crippen LogP contribution in [0.5, 0.6) is 0 Å². The predicted molar refractivity (Wildman–Crippen MR) is 22.5 cm³/mol. The van der Waals surface area contributed by atoms with E-state index in [0.29, 0.717) is 6.79 Å². The van der Waals surface area contributed by atoms with Crippen LogP contribution in [0.1, 0.15) is 0 Å². The maximum atomic E-state index is 4.72. The third kappa shape index (κ3) is 1.79. The van der Waals surface area contributed by atoms with Gasteiger partial charge in [-0.25, -0.2) is 0 Å². The molecule has 1 saturated heterocycles. The Morgan fingerprint density at radius 1 is 1.00 bits per heavy atom. The topological polar surface area (TPSA) is 18.5 Å². The van der Waals surface area contributed by atoms with Gasteiger partial charge in [0.15, 0.2) is 0 Å². The molecule has 0 unspecified atom stereocenters. The molecule has 2 nitrogen and oxygen atoms in total. The molecule has 1 heterocycles. The van der Waals surface area contributed by atoms with Crippen LogP contribution in [0, 0.1) is 0 Å². The Morgan fingerprint density at radius 2 is 1.50 bits per heavy atom. The Bertz CT molecular complexity index is 20.4. The summed E-state index contributed by atoms with van der Waals surface area (Å²) >= 11 is 0. The van der Waals surface area contributed by atoms with Crippen LogP contribution in [0.3, 0.4) is 0 Å². The summed E-state index contributed by atoms with van der Waals surface area (Å²) in [7, 11) is 0. The van der Waals surface area contributed by atoms with E-state index in [1.807, 2.05) is 0 Å². The molecule has 1 aliphatic heterocycles. The molecule has 0 bridgehead atoms. The van der Waals surface area contributed by atoms with Crippen molar-refractivity contribution in [2.24, 2.45) is 0 Å². The fourth-order valence-electron chi connectivity index (χ4n) is 0.295. The Kier molecular flexibility index (Phi) is 3.93. The van der Waals surface area contributed by atoms with Crippen molar-refractivity contribution in [2.75, 3.05) is 20.0 Å². The van der Waals surface area contributed by atoms with E-state index in [1.165, 1.54) is 0 Å². The van der Waals surface area contributed by atoms with Crippen LogP contribution >= 0.6 is 0 Å². The van der Waals surface area contributed by atoms with Crippen LogP contribution in [-0.4, -0.2) is 37.6 Å². The van der Waals surface area contributed by atoms with Gasteiger partial charge < -0.3 is 9.47 Å². The zero-order valence-electron chi connectivity index (χ0n) is 3.44. The maximum absolute atomic E-state index is 4.72. The van der Waals surface area contributed by atoms with E-state index >= 15 is 0 Å². The van der Waals surface area contributed by atoms with Crippen LogP contribution in [0.15, 0.2) is 0 Å². The number of rotatable bonds is 0. The second-order valence-electron chi connectivity index (χ2n) is 0.934. The van der Waals surface area contributed by atoms with Gasteiger partial charge in [0.1, 0.15) is 6.79 Å². The van der Waals surface area contributed by atoms with Crippen LogP contribution in [0.25, 0.3) is 0 Å². The summed E-state index contributed by atoms with van der Waals surface area (Å²) in [4.78, 5) is 0. The molecule has 0 spiro atoms. The van der Waals surface area contributed by atoms with Gasteiger partial charge in [0.05, 0.1) is 13.2 Å². The average molecular weight is 147 g/mol. The first kappa shape index (κ1) is 6.46. The van der Waals surface area contributed by atoms with Gasteiger partial charge in [-0.2, -0.15) is 0 Å². The number of hydrogen-bond acceptors (Lipinski definition) is 2. The Labute approximate surface area is 47.8 Å². The molecule has 0 aromatic carbocycles. The third-order valence-electron chi connectivity index (χ3n) is 0.539. The minimum Gasteiger partial charge on any atom is -0.353 e. The molecule has 6 heavy (non-hydrogen) atoms. The van der Waals surface area contributed by atoms with Crippen LogP contribution < -0.4 is 0 Å². The fraction of sp³-hybridized carbons (Fsp3) is 1.00. The van der Waals surface area contributed by atoms with E-state index in [2.05, 4.69) is 0 Å². The van der Waals surface area contributed by atoms with Crippen molar-refractivity contribution in [1.82, 2.24) is 0 Å². The van der Waals surface area contributed by atoms with Gasteiger partial charge in [0, 0.05) is 17.6 Å². The first-order valence-corrected chi connectivity index (χ1v) is 1.65. The summed E-state index contributed by atoms with van der Waals surface area (Å²) in [6.07, 6.45) is 0. The summed E-state index contributed by atoms with van der Waals surface area (Å²) in [6.45, 7) is 2.06. The van der Waals surface area contributed by atoms with Crippen LogP contribution in [0.4, 0.5) is 0 Å². The molecule has 0 atom stereocenters. The van der Waals surface area contributed by atoms with Gasteiger partial charge in [-0.15, -0.1) is 0 Å². The van der Waals surface area contributed by atoms with Crippen molar-refractivity contribution < 1.29 is 9.47 Å². The second kappa shape index (κ2) is 3.65. The summed E-state index contributed by atoms with van der Waals surface area (Å²) in [5.74, 6) is 0. The van der Waals surface area contributed by atoms with Crippen molar-refractivity contribution in [1.29, 1.82) is 0 Å². The van der Waals surface area contributed by atoms with Crippen molar-refractivity contribution >= 4 is 17.6 Å². The smallest absolute Gasteiger partial charge is 0.146 e. The van der Waals surface area contributed by atoms with Crippen molar-refractivity contribution in [3.63, 3.8) is 0 Å². The van der Waals surface area contributed by atoms with E-state index in [0.717, 1.165) is 13.2 Å². The van der Waals surface area contributed by atoms with Gasteiger partial charge in [-0.05, 0) is 0 Å². The number of hydrogen-bond donors (Lipinski definition) is 0. The molecule has 0 N–H and O–H groups in total. The molecule has 0 aromatic rings. The molecule has 0 saturated carbocycles. The molecule has 0 aromatic heterocycles. The predicted octanol–water partition coefficient (Wildman–Crippen LogP) is -0.390. The molecular weight excluding hydrogens is 141 g/mol. The van der Waals surface area contributed by atoms with Crippen molar-refractivity contribution in [2.45, 2.75) is 0 Å². The third-order valence-corrected chi connectivity index (χ3v) is 0.539. The Hall–Kier alpha value is 0.463. The quantitative estimate of drug-likeness (QED) is 0.434. The Balaban J connectivity index is 0.000000250. The SMILES string of the molecule is C1COCO1.[Ge]. The monoisotopic (exact) mass is 148 g/mol. The first-order valence-electron chi connectivity index (χ1n) is 1.65. The summed E-state index contributed by atoms with van der Waals surface area (Å²) < 4.78 is 9.44. The maximum Gasteiger partial charge on any atom is 0.146 e. The molecular formula is C3H6GeO2. The van der Waals surface area contributed by atoms with Crippen LogP contribution in [-0.2, 0) is 9.47 Å². The van der Waals surface area contributed by atoms with Gasteiger partial charge in [-0.1, -0.05) is 0 Å². The van der Waals surface area contributed by atoms with E-state index < -0.39 is 0 Å². The molecule has 34 valence electrons. The molecule has 3 heteroatoms. The zero-order valence-corrected chi connectivity index (χ0v) is 5.54. The molecule has 1 rings (SSSR count). The minimum atomic E-state index is 0. The van der Waals surface area contributed by atoms with Gasteiger partial charge >= 0.3 is 0 Å². The molecule has 0 aliphatic carbocycles. The van der Waals surface area contributed by atoms with Gasteiger partial charge in [0.25, 0.3) is 0 Å². The molecule has 4 radical (unpaired) electrons. The van der Waals surface area contributed by atoms with E-state index in [-0.39, 0.29) is 17.6 Å². The largest absolute Gasteiger partial charge is 0.353 e. The Morgan fingerprint density at radius 3 is 1.67 bits per heavy atom. The second-order valence-corrected chi connectivity index (χ2v) is 0.934. The van der Waals surface area contributed by atoms with E-state index in [9.17, 15) is 0 Å².